The third-order valence-corrected chi connectivity index (χ3v) is 4.80. The number of hydrogen-bond acceptors (Lipinski definition) is 4. The Labute approximate surface area is 95.2 Å². The summed E-state index contributed by atoms with van der Waals surface area (Å²) >= 11 is 0. The van der Waals surface area contributed by atoms with Crippen LogP contribution in [0.3, 0.4) is 0 Å². The number of amides is 1. The predicted molar refractivity (Wildman–Crippen MR) is 61.0 cm³/mol. The molecule has 2 unspecified atom stereocenters. The summed E-state index contributed by atoms with van der Waals surface area (Å²) in [5.41, 5.74) is 0. The molecule has 0 aliphatic carbocycles. The third kappa shape index (κ3) is 2.26. The molecule has 2 heterocycles. The number of aliphatic imine (C=N–C) groups is 1. The first-order valence-electron chi connectivity index (χ1n) is 5.61. The molecule has 2 aliphatic heterocycles. The molecule has 0 aromatic rings. The molecule has 90 valence electrons. The molecule has 1 N–H and O–H groups in total. The van der Waals surface area contributed by atoms with Gasteiger partial charge in [0, 0.05) is 5.92 Å². The molecule has 2 aliphatic rings. The number of amidine groups is 1. The first-order valence-corrected chi connectivity index (χ1v) is 7.43. The summed E-state index contributed by atoms with van der Waals surface area (Å²) < 4.78 is 22.6. The summed E-state index contributed by atoms with van der Waals surface area (Å²) in [5.74, 6) is 0.747. The second kappa shape index (κ2) is 4.16. The van der Waals surface area contributed by atoms with Crippen LogP contribution in [-0.4, -0.2) is 37.7 Å². The van der Waals surface area contributed by atoms with Crippen molar-refractivity contribution in [3.63, 3.8) is 0 Å². The molecule has 2 rings (SSSR count). The van der Waals surface area contributed by atoms with Gasteiger partial charge in [0.05, 0.1) is 11.5 Å². The van der Waals surface area contributed by atoms with Gasteiger partial charge in [-0.25, -0.2) is 8.42 Å². The van der Waals surface area contributed by atoms with Crippen molar-refractivity contribution in [3.8, 4) is 0 Å². The molecule has 0 aromatic heterocycles. The summed E-state index contributed by atoms with van der Waals surface area (Å²) in [5, 5.41) is 2.72. The van der Waals surface area contributed by atoms with Crippen molar-refractivity contribution in [1.29, 1.82) is 0 Å². The summed E-state index contributed by atoms with van der Waals surface area (Å²) in [7, 11) is -2.91. The fourth-order valence-corrected chi connectivity index (χ4v) is 3.90. The molecular weight excluding hydrogens is 228 g/mol. The molecule has 0 saturated carbocycles. The minimum Gasteiger partial charge on any atom is -0.312 e. The number of carbonyl (C=O) groups excluding carboxylic acids is 1. The van der Waals surface area contributed by atoms with Crippen LogP contribution in [0.15, 0.2) is 4.99 Å². The maximum Gasteiger partial charge on any atom is 0.250 e. The normalized spacial score (nSPS) is 32.6. The van der Waals surface area contributed by atoms with Crippen molar-refractivity contribution >= 4 is 21.6 Å². The largest absolute Gasteiger partial charge is 0.312 e. The lowest BCUT2D eigenvalue weighted by Gasteiger charge is -2.05. The molecule has 1 fully saturated rings. The summed E-state index contributed by atoms with van der Waals surface area (Å²) in [6, 6.07) is -0.302. The van der Waals surface area contributed by atoms with Crippen molar-refractivity contribution in [3.05, 3.63) is 0 Å². The van der Waals surface area contributed by atoms with Crippen LogP contribution < -0.4 is 5.32 Å². The van der Waals surface area contributed by atoms with E-state index in [1.54, 1.807) is 0 Å². The molecule has 0 bridgehead atoms. The lowest BCUT2D eigenvalue weighted by atomic mass is 10.1. The standard InChI is InChI=1S/C10H16N2O3S/c1-2-3-8-10(13)12-9(11-8)7-4-5-16(14,15)6-7/h7-8H,2-6H2,1H3,(H,11,12,13). The van der Waals surface area contributed by atoms with Crippen molar-refractivity contribution in [2.45, 2.75) is 32.2 Å². The Kier molecular flexibility index (Phi) is 3.01. The Balaban J connectivity index is 2.07. The van der Waals surface area contributed by atoms with Crippen LogP contribution in [0.2, 0.25) is 0 Å². The molecule has 6 heteroatoms. The molecule has 16 heavy (non-hydrogen) atoms. The van der Waals surface area contributed by atoms with Crippen LogP contribution in [-0.2, 0) is 14.6 Å². The van der Waals surface area contributed by atoms with E-state index in [9.17, 15) is 13.2 Å². The average molecular weight is 244 g/mol. The first kappa shape index (κ1) is 11.6. The first-order chi connectivity index (χ1) is 7.52. The second-order valence-electron chi connectivity index (χ2n) is 4.41. The Morgan fingerprint density at radius 1 is 1.50 bits per heavy atom. The van der Waals surface area contributed by atoms with Crippen LogP contribution in [0.5, 0.6) is 0 Å². The fraction of sp³-hybridized carbons (Fsp3) is 0.800. The molecule has 0 aromatic carbocycles. The lowest BCUT2D eigenvalue weighted by Crippen LogP contribution is -2.33. The number of carbonyl (C=O) groups is 1. The van der Waals surface area contributed by atoms with Crippen LogP contribution in [0.1, 0.15) is 26.2 Å². The number of nitrogens with one attached hydrogen (secondary N) is 1. The molecule has 1 saturated heterocycles. The van der Waals surface area contributed by atoms with E-state index in [4.69, 9.17) is 0 Å². The van der Waals surface area contributed by atoms with Gasteiger partial charge in [-0.3, -0.25) is 9.79 Å². The van der Waals surface area contributed by atoms with E-state index in [1.165, 1.54) is 0 Å². The highest BCUT2D eigenvalue weighted by molar-refractivity contribution is 7.91. The van der Waals surface area contributed by atoms with E-state index in [-0.39, 0.29) is 29.4 Å². The van der Waals surface area contributed by atoms with Gasteiger partial charge in [-0.2, -0.15) is 0 Å². The highest BCUT2D eigenvalue weighted by Gasteiger charge is 2.36. The van der Waals surface area contributed by atoms with E-state index in [2.05, 4.69) is 10.3 Å². The van der Waals surface area contributed by atoms with Gasteiger partial charge in [0.25, 0.3) is 0 Å². The Morgan fingerprint density at radius 3 is 2.81 bits per heavy atom. The molecule has 2 atom stereocenters. The maximum atomic E-state index is 11.5. The van der Waals surface area contributed by atoms with Gasteiger partial charge in [0.15, 0.2) is 9.84 Å². The zero-order chi connectivity index (χ0) is 11.8. The minimum absolute atomic E-state index is 0.0823. The zero-order valence-electron chi connectivity index (χ0n) is 9.27. The third-order valence-electron chi connectivity index (χ3n) is 3.03. The van der Waals surface area contributed by atoms with Gasteiger partial charge in [0.2, 0.25) is 5.91 Å². The zero-order valence-corrected chi connectivity index (χ0v) is 10.1. The van der Waals surface area contributed by atoms with E-state index < -0.39 is 9.84 Å². The van der Waals surface area contributed by atoms with Crippen LogP contribution in [0, 0.1) is 5.92 Å². The topological polar surface area (TPSA) is 75.6 Å². The number of sulfone groups is 1. The van der Waals surface area contributed by atoms with Gasteiger partial charge in [0.1, 0.15) is 11.9 Å². The summed E-state index contributed by atoms with van der Waals surface area (Å²) in [6.45, 7) is 2.00. The smallest absolute Gasteiger partial charge is 0.250 e. The average Bonchev–Trinajstić information content (AvgIpc) is 2.72. The van der Waals surface area contributed by atoms with Crippen LogP contribution in [0.4, 0.5) is 0 Å². The van der Waals surface area contributed by atoms with Gasteiger partial charge in [-0.05, 0) is 12.8 Å². The maximum absolute atomic E-state index is 11.5. The van der Waals surface area contributed by atoms with E-state index in [1.807, 2.05) is 6.92 Å². The van der Waals surface area contributed by atoms with E-state index in [0.29, 0.717) is 12.3 Å². The SMILES string of the molecule is CCCC1N=C(C2CCS(=O)(=O)C2)NC1=O. The van der Waals surface area contributed by atoms with Gasteiger partial charge < -0.3 is 5.32 Å². The van der Waals surface area contributed by atoms with Crippen molar-refractivity contribution < 1.29 is 13.2 Å². The van der Waals surface area contributed by atoms with E-state index in [0.717, 1.165) is 12.8 Å². The van der Waals surface area contributed by atoms with Gasteiger partial charge in [-0.15, -0.1) is 0 Å². The Bertz CT molecular complexity index is 427. The number of rotatable bonds is 3. The second-order valence-corrected chi connectivity index (χ2v) is 6.64. The molecular formula is C10H16N2O3S. The van der Waals surface area contributed by atoms with Gasteiger partial charge >= 0.3 is 0 Å². The summed E-state index contributed by atoms with van der Waals surface area (Å²) in [6.07, 6.45) is 2.22. The lowest BCUT2D eigenvalue weighted by molar-refractivity contribution is -0.120. The number of nitrogens with zero attached hydrogens (tertiary/aromatic N) is 1. The highest BCUT2D eigenvalue weighted by Crippen LogP contribution is 2.22. The minimum atomic E-state index is -2.91. The predicted octanol–water partition coefficient (Wildman–Crippen LogP) is 0.118. The van der Waals surface area contributed by atoms with Crippen molar-refractivity contribution in [1.82, 2.24) is 5.32 Å². The Hall–Kier alpha value is -0.910. The fourth-order valence-electron chi connectivity index (χ4n) is 2.16. The Morgan fingerprint density at radius 2 is 2.25 bits per heavy atom. The van der Waals surface area contributed by atoms with Crippen LogP contribution in [0.25, 0.3) is 0 Å². The summed E-state index contributed by atoms with van der Waals surface area (Å²) in [4.78, 5) is 15.8. The molecule has 0 radical (unpaired) electrons. The molecule has 1 amide bonds. The van der Waals surface area contributed by atoms with Gasteiger partial charge in [-0.1, -0.05) is 13.3 Å². The van der Waals surface area contributed by atoms with E-state index >= 15 is 0 Å². The molecule has 0 spiro atoms. The monoisotopic (exact) mass is 244 g/mol. The number of hydrogen-bond donors (Lipinski definition) is 1. The van der Waals surface area contributed by atoms with Crippen LogP contribution >= 0.6 is 0 Å². The van der Waals surface area contributed by atoms with Crippen molar-refractivity contribution in [2.75, 3.05) is 11.5 Å². The molecule has 5 nitrogen and oxygen atoms in total. The quantitative estimate of drug-likeness (QED) is 0.766. The highest BCUT2D eigenvalue weighted by atomic mass is 32.2. The van der Waals surface area contributed by atoms with Crippen molar-refractivity contribution in [2.24, 2.45) is 10.9 Å².